The Balaban J connectivity index is 1.36. The summed E-state index contributed by atoms with van der Waals surface area (Å²) in [6.07, 6.45) is 7.13. The van der Waals surface area contributed by atoms with Crippen LogP contribution in [0.5, 0.6) is 5.75 Å². The molecule has 1 saturated heterocycles. The molecule has 0 bridgehead atoms. The van der Waals surface area contributed by atoms with Gasteiger partial charge in [0.25, 0.3) is 0 Å². The number of hydrogen-bond donors (Lipinski definition) is 1. The van der Waals surface area contributed by atoms with Crippen molar-refractivity contribution < 1.29 is 9.47 Å². The molecule has 2 heterocycles. The second kappa shape index (κ2) is 7.33. The number of rotatable bonds is 7. The van der Waals surface area contributed by atoms with E-state index in [1.165, 1.54) is 12.8 Å². The monoisotopic (exact) mass is 287 g/mol. The molecule has 1 aliphatic rings. The van der Waals surface area contributed by atoms with Gasteiger partial charge in [-0.25, -0.2) is 9.97 Å². The highest BCUT2D eigenvalue weighted by atomic mass is 16.5. The van der Waals surface area contributed by atoms with Gasteiger partial charge in [-0.15, -0.1) is 0 Å². The first-order valence-corrected chi connectivity index (χ1v) is 7.57. The lowest BCUT2D eigenvalue weighted by Gasteiger charge is -2.11. The molecule has 0 saturated carbocycles. The summed E-state index contributed by atoms with van der Waals surface area (Å²) < 4.78 is 11.3. The number of ether oxygens (including phenoxy) is 2. The lowest BCUT2D eigenvalue weighted by molar-refractivity contribution is 0.110. The van der Waals surface area contributed by atoms with Crippen LogP contribution in [0.25, 0.3) is 10.9 Å². The fraction of sp³-hybridized carbons (Fsp3) is 0.500. The second-order valence-electron chi connectivity index (χ2n) is 5.28. The summed E-state index contributed by atoms with van der Waals surface area (Å²) in [5.41, 5.74) is 0.916. The number of benzene rings is 1. The molecule has 0 spiro atoms. The van der Waals surface area contributed by atoms with Crippen LogP contribution in [-0.4, -0.2) is 42.4 Å². The van der Waals surface area contributed by atoms with E-state index in [2.05, 4.69) is 15.3 Å². The first-order valence-electron chi connectivity index (χ1n) is 7.57. The summed E-state index contributed by atoms with van der Waals surface area (Å²) in [7, 11) is 0. The Hall–Kier alpha value is -1.72. The van der Waals surface area contributed by atoms with Crippen LogP contribution in [0.3, 0.4) is 0 Å². The SMILES string of the molecule is c1ncc2ccc(OCCCNCC3CCCO3)cc2n1. The zero-order valence-corrected chi connectivity index (χ0v) is 12.1. The van der Waals surface area contributed by atoms with Gasteiger partial charge in [0, 0.05) is 30.8 Å². The minimum Gasteiger partial charge on any atom is -0.493 e. The summed E-state index contributed by atoms with van der Waals surface area (Å²) in [6, 6.07) is 5.91. The first-order chi connectivity index (χ1) is 10.4. The number of nitrogens with zero attached hydrogens (tertiary/aromatic N) is 2. The van der Waals surface area contributed by atoms with Crippen molar-refractivity contribution in [2.75, 3.05) is 26.3 Å². The van der Waals surface area contributed by atoms with Gasteiger partial charge in [-0.2, -0.15) is 0 Å². The lowest BCUT2D eigenvalue weighted by atomic mass is 10.2. The van der Waals surface area contributed by atoms with Crippen molar-refractivity contribution in [2.24, 2.45) is 0 Å². The summed E-state index contributed by atoms with van der Waals surface area (Å²) in [4.78, 5) is 8.23. The maximum Gasteiger partial charge on any atom is 0.121 e. The molecule has 5 heteroatoms. The Morgan fingerprint density at radius 3 is 3.29 bits per heavy atom. The first kappa shape index (κ1) is 14.2. The maximum atomic E-state index is 5.75. The predicted molar refractivity (Wildman–Crippen MR) is 81.5 cm³/mol. The summed E-state index contributed by atoms with van der Waals surface area (Å²) in [6.45, 7) is 3.53. The summed E-state index contributed by atoms with van der Waals surface area (Å²) in [5, 5.41) is 4.45. The van der Waals surface area contributed by atoms with Crippen LogP contribution in [0.2, 0.25) is 0 Å². The van der Waals surface area contributed by atoms with Gasteiger partial charge in [0.05, 0.1) is 18.2 Å². The van der Waals surface area contributed by atoms with Crippen LogP contribution in [0, 0.1) is 0 Å². The molecule has 1 N–H and O–H groups in total. The van der Waals surface area contributed by atoms with E-state index in [4.69, 9.17) is 9.47 Å². The van der Waals surface area contributed by atoms with Crippen LogP contribution in [0.4, 0.5) is 0 Å². The molecule has 1 atom stereocenters. The summed E-state index contributed by atoms with van der Waals surface area (Å²) >= 11 is 0. The minimum absolute atomic E-state index is 0.408. The van der Waals surface area contributed by atoms with Crippen molar-refractivity contribution in [3.05, 3.63) is 30.7 Å². The van der Waals surface area contributed by atoms with Crippen molar-refractivity contribution in [2.45, 2.75) is 25.4 Å². The van der Waals surface area contributed by atoms with Crippen molar-refractivity contribution in [1.29, 1.82) is 0 Å². The Bertz CT molecular complexity index is 570. The molecule has 0 radical (unpaired) electrons. The van der Waals surface area contributed by atoms with Crippen LogP contribution in [-0.2, 0) is 4.74 Å². The molecule has 1 aromatic heterocycles. The molecule has 3 rings (SSSR count). The highest BCUT2D eigenvalue weighted by molar-refractivity contribution is 5.78. The van der Waals surface area contributed by atoms with Crippen LogP contribution >= 0.6 is 0 Å². The van der Waals surface area contributed by atoms with Crippen molar-refractivity contribution in [1.82, 2.24) is 15.3 Å². The minimum atomic E-state index is 0.408. The molecule has 0 aliphatic carbocycles. The van der Waals surface area contributed by atoms with Gasteiger partial charge in [-0.3, -0.25) is 0 Å². The predicted octanol–water partition coefficient (Wildman–Crippen LogP) is 2.17. The molecular formula is C16H21N3O2. The van der Waals surface area contributed by atoms with E-state index >= 15 is 0 Å². The van der Waals surface area contributed by atoms with Gasteiger partial charge in [-0.05, 0) is 37.9 Å². The van der Waals surface area contributed by atoms with Gasteiger partial charge in [0.15, 0.2) is 0 Å². The fourth-order valence-electron chi connectivity index (χ4n) is 2.50. The number of fused-ring (bicyclic) bond motifs is 1. The zero-order valence-electron chi connectivity index (χ0n) is 12.1. The average molecular weight is 287 g/mol. The Morgan fingerprint density at radius 1 is 1.38 bits per heavy atom. The van der Waals surface area contributed by atoms with Crippen LogP contribution in [0.1, 0.15) is 19.3 Å². The highest BCUT2D eigenvalue weighted by Gasteiger charge is 2.14. The standard InChI is InChI=1S/C16H21N3O2/c1-3-15(21-7-1)11-17-6-2-8-20-14-5-4-13-10-18-12-19-16(13)9-14/h4-5,9-10,12,15,17H,1-3,6-8,11H2. The number of aromatic nitrogens is 2. The molecule has 1 aliphatic heterocycles. The smallest absolute Gasteiger partial charge is 0.121 e. The van der Waals surface area contributed by atoms with E-state index in [-0.39, 0.29) is 0 Å². The van der Waals surface area contributed by atoms with E-state index in [0.29, 0.717) is 12.7 Å². The van der Waals surface area contributed by atoms with E-state index in [9.17, 15) is 0 Å². The maximum absolute atomic E-state index is 5.75. The third-order valence-corrected chi connectivity index (χ3v) is 3.64. The second-order valence-corrected chi connectivity index (χ2v) is 5.28. The van der Waals surface area contributed by atoms with Crippen LogP contribution in [0.15, 0.2) is 30.7 Å². The molecule has 1 aromatic carbocycles. The van der Waals surface area contributed by atoms with Gasteiger partial charge in [0.2, 0.25) is 0 Å². The molecule has 0 amide bonds. The van der Waals surface area contributed by atoms with E-state index in [0.717, 1.165) is 42.8 Å². The Kier molecular flexibility index (Phi) is 4.97. The quantitative estimate of drug-likeness (QED) is 0.791. The van der Waals surface area contributed by atoms with Crippen molar-refractivity contribution in [3.8, 4) is 5.75 Å². The van der Waals surface area contributed by atoms with E-state index in [1.807, 2.05) is 18.2 Å². The third-order valence-electron chi connectivity index (χ3n) is 3.64. The molecule has 1 fully saturated rings. The Morgan fingerprint density at radius 2 is 2.38 bits per heavy atom. The topological polar surface area (TPSA) is 56.3 Å². The fourth-order valence-corrected chi connectivity index (χ4v) is 2.50. The van der Waals surface area contributed by atoms with Gasteiger partial charge in [-0.1, -0.05) is 0 Å². The van der Waals surface area contributed by atoms with E-state index < -0.39 is 0 Å². The largest absolute Gasteiger partial charge is 0.493 e. The Labute approximate surface area is 124 Å². The molecule has 112 valence electrons. The average Bonchev–Trinajstić information content (AvgIpc) is 3.04. The van der Waals surface area contributed by atoms with E-state index in [1.54, 1.807) is 12.5 Å². The normalized spacial score (nSPS) is 18.2. The molecule has 21 heavy (non-hydrogen) atoms. The molecule has 1 unspecified atom stereocenters. The van der Waals surface area contributed by atoms with Gasteiger partial charge >= 0.3 is 0 Å². The van der Waals surface area contributed by atoms with Crippen molar-refractivity contribution >= 4 is 10.9 Å². The van der Waals surface area contributed by atoms with Crippen molar-refractivity contribution in [3.63, 3.8) is 0 Å². The lowest BCUT2D eigenvalue weighted by Crippen LogP contribution is -2.27. The zero-order chi connectivity index (χ0) is 14.3. The third kappa shape index (κ3) is 4.12. The number of nitrogens with one attached hydrogen (secondary N) is 1. The number of hydrogen-bond acceptors (Lipinski definition) is 5. The summed E-state index contributed by atoms with van der Waals surface area (Å²) in [5.74, 6) is 0.861. The molecular weight excluding hydrogens is 266 g/mol. The highest BCUT2D eigenvalue weighted by Crippen LogP contribution is 2.18. The molecule has 2 aromatic rings. The van der Waals surface area contributed by atoms with Gasteiger partial charge in [0.1, 0.15) is 12.1 Å². The van der Waals surface area contributed by atoms with Gasteiger partial charge < -0.3 is 14.8 Å². The van der Waals surface area contributed by atoms with Crippen LogP contribution < -0.4 is 10.1 Å². The molecule has 5 nitrogen and oxygen atoms in total.